The molecule has 0 N–H and O–H groups in total. The van der Waals surface area contributed by atoms with Crippen LogP contribution in [-0.4, -0.2) is 6.21 Å². The highest BCUT2D eigenvalue weighted by Gasteiger charge is 2.06. The second-order valence-electron chi connectivity index (χ2n) is 5.11. The van der Waals surface area contributed by atoms with Crippen molar-refractivity contribution in [2.45, 2.75) is 6.92 Å². The molecule has 0 atom stereocenters. The lowest BCUT2D eigenvalue weighted by Gasteiger charge is -2.08. The second kappa shape index (κ2) is 6.59. The van der Waals surface area contributed by atoms with Crippen LogP contribution in [0.1, 0.15) is 11.1 Å². The summed E-state index contributed by atoms with van der Waals surface area (Å²) in [6.07, 6.45) is 1.90. The van der Waals surface area contributed by atoms with Gasteiger partial charge in [-0.15, -0.1) is 0 Å². The summed E-state index contributed by atoms with van der Waals surface area (Å²) in [5.74, 6) is 0. The number of hydrogen-bond donors (Lipinski definition) is 0. The zero-order chi connectivity index (χ0) is 15.4. The second-order valence-corrected chi connectivity index (χ2v) is 5.52. The molecular formula is C20H16ClN. The molecule has 0 saturated carbocycles. The molecule has 0 spiro atoms. The summed E-state index contributed by atoms with van der Waals surface area (Å²) in [5, 5.41) is 0.749. The van der Waals surface area contributed by atoms with Gasteiger partial charge >= 0.3 is 0 Å². The molecule has 0 radical (unpaired) electrons. The van der Waals surface area contributed by atoms with E-state index < -0.39 is 0 Å². The molecular weight excluding hydrogens is 290 g/mol. The van der Waals surface area contributed by atoms with Gasteiger partial charge in [-0.05, 0) is 30.2 Å². The maximum atomic E-state index is 6.33. The predicted octanol–water partition coefficient (Wildman–Crippen LogP) is 6.07. The summed E-state index contributed by atoms with van der Waals surface area (Å²) in [4.78, 5) is 4.62. The van der Waals surface area contributed by atoms with Crippen LogP contribution >= 0.6 is 11.6 Å². The number of benzene rings is 3. The van der Waals surface area contributed by atoms with E-state index in [1.165, 1.54) is 0 Å². The Kier molecular flexibility index (Phi) is 4.36. The van der Waals surface area contributed by atoms with Crippen molar-refractivity contribution in [3.8, 4) is 11.1 Å². The van der Waals surface area contributed by atoms with Crippen molar-refractivity contribution in [1.82, 2.24) is 0 Å². The Balaban J connectivity index is 2.03. The number of aryl methyl sites for hydroxylation is 1. The molecule has 0 unspecified atom stereocenters. The maximum absolute atomic E-state index is 6.33. The van der Waals surface area contributed by atoms with Crippen molar-refractivity contribution in [3.63, 3.8) is 0 Å². The van der Waals surface area contributed by atoms with Crippen molar-refractivity contribution in [2.75, 3.05) is 0 Å². The van der Waals surface area contributed by atoms with Crippen molar-refractivity contribution >= 4 is 23.5 Å². The van der Waals surface area contributed by atoms with E-state index >= 15 is 0 Å². The van der Waals surface area contributed by atoms with Gasteiger partial charge < -0.3 is 0 Å². The molecule has 1 nitrogen and oxygen atoms in total. The molecule has 0 amide bonds. The summed E-state index contributed by atoms with van der Waals surface area (Å²) in [6, 6.07) is 24.1. The van der Waals surface area contributed by atoms with Crippen LogP contribution in [0, 0.1) is 6.92 Å². The molecule has 3 aromatic carbocycles. The van der Waals surface area contributed by atoms with E-state index in [9.17, 15) is 0 Å². The third-order valence-corrected chi connectivity index (χ3v) is 3.91. The molecule has 0 aliphatic rings. The van der Waals surface area contributed by atoms with Gasteiger partial charge in [-0.25, -0.2) is 0 Å². The van der Waals surface area contributed by atoms with Crippen LogP contribution < -0.4 is 0 Å². The Morgan fingerprint density at radius 2 is 1.41 bits per heavy atom. The quantitative estimate of drug-likeness (QED) is 0.521. The van der Waals surface area contributed by atoms with E-state index in [0.717, 1.165) is 33.0 Å². The monoisotopic (exact) mass is 305 g/mol. The average molecular weight is 306 g/mol. The van der Waals surface area contributed by atoms with Gasteiger partial charge in [0.05, 0.1) is 5.69 Å². The van der Waals surface area contributed by atoms with Gasteiger partial charge in [0.2, 0.25) is 0 Å². The molecule has 0 saturated heterocycles. The number of nitrogens with zero attached hydrogens (tertiary/aromatic N) is 1. The SMILES string of the molecule is Cc1ccccc1N=Cc1ccccc1-c1ccccc1Cl. The van der Waals surface area contributed by atoms with Gasteiger partial charge in [-0.1, -0.05) is 72.3 Å². The van der Waals surface area contributed by atoms with Crippen LogP contribution in [0.4, 0.5) is 5.69 Å². The minimum absolute atomic E-state index is 0.749. The fourth-order valence-electron chi connectivity index (χ4n) is 2.38. The number of rotatable bonds is 3. The lowest BCUT2D eigenvalue weighted by molar-refractivity contribution is 1.40. The fraction of sp³-hybridized carbons (Fsp3) is 0.0500. The van der Waals surface area contributed by atoms with Crippen LogP contribution in [-0.2, 0) is 0 Å². The Hall–Kier alpha value is -2.38. The summed E-state index contributed by atoms with van der Waals surface area (Å²) < 4.78 is 0. The number of hydrogen-bond acceptors (Lipinski definition) is 1. The van der Waals surface area contributed by atoms with Gasteiger partial charge in [0, 0.05) is 22.4 Å². The highest BCUT2D eigenvalue weighted by atomic mass is 35.5. The number of aliphatic imine (C=N–C) groups is 1. The minimum atomic E-state index is 0.749. The summed E-state index contributed by atoms with van der Waals surface area (Å²) in [6.45, 7) is 2.06. The standard InChI is InChI=1S/C20H16ClN/c1-15-8-2-7-13-20(15)22-14-16-9-3-4-10-17(16)18-11-5-6-12-19(18)21/h2-14H,1H3. The zero-order valence-electron chi connectivity index (χ0n) is 12.3. The molecule has 22 heavy (non-hydrogen) atoms. The van der Waals surface area contributed by atoms with Crippen molar-refractivity contribution in [1.29, 1.82) is 0 Å². The number of halogens is 1. The van der Waals surface area contributed by atoms with Crippen LogP contribution in [0.25, 0.3) is 11.1 Å². The molecule has 3 aromatic rings. The first-order valence-corrected chi connectivity index (χ1v) is 7.57. The largest absolute Gasteiger partial charge is 0.256 e. The Morgan fingerprint density at radius 3 is 2.18 bits per heavy atom. The van der Waals surface area contributed by atoms with Gasteiger partial charge in [-0.3, -0.25) is 4.99 Å². The minimum Gasteiger partial charge on any atom is -0.256 e. The smallest absolute Gasteiger partial charge is 0.0659 e. The molecule has 0 bridgehead atoms. The predicted molar refractivity (Wildman–Crippen MR) is 95.3 cm³/mol. The topological polar surface area (TPSA) is 12.4 Å². The molecule has 108 valence electrons. The van der Waals surface area contributed by atoms with Gasteiger partial charge in [0.25, 0.3) is 0 Å². The normalized spacial score (nSPS) is 11.0. The van der Waals surface area contributed by atoms with E-state index in [4.69, 9.17) is 11.6 Å². The fourth-order valence-corrected chi connectivity index (χ4v) is 2.62. The van der Waals surface area contributed by atoms with E-state index in [1.54, 1.807) is 0 Å². The van der Waals surface area contributed by atoms with Crippen LogP contribution in [0.3, 0.4) is 0 Å². The van der Waals surface area contributed by atoms with Gasteiger partial charge in [-0.2, -0.15) is 0 Å². The summed E-state index contributed by atoms with van der Waals surface area (Å²) in [5.41, 5.74) is 5.31. The lowest BCUT2D eigenvalue weighted by atomic mass is 10.0. The van der Waals surface area contributed by atoms with Gasteiger partial charge in [0.1, 0.15) is 0 Å². The van der Waals surface area contributed by atoms with Crippen LogP contribution in [0.15, 0.2) is 77.8 Å². The van der Waals surface area contributed by atoms with Crippen molar-refractivity contribution in [3.05, 3.63) is 88.9 Å². The van der Waals surface area contributed by atoms with E-state index in [0.29, 0.717) is 0 Å². The summed E-state index contributed by atoms with van der Waals surface area (Å²) >= 11 is 6.33. The first kappa shape index (κ1) is 14.6. The molecule has 0 aliphatic heterocycles. The Labute approximate surface area is 135 Å². The van der Waals surface area contributed by atoms with E-state index in [2.05, 4.69) is 30.1 Å². The maximum Gasteiger partial charge on any atom is 0.0659 e. The first-order valence-electron chi connectivity index (χ1n) is 7.19. The molecule has 2 heteroatoms. The number of para-hydroxylation sites is 1. The molecule has 0 heterocycles. The van der Waals surface area contributed by atoms with E-state index in [1.807, 2.05) is 60.8 Å². The highest BCUT2D eigenvalue weighted by Crippen LogP contribution is 2.30. The molecule has 0 aliphatic carbocycles. The van der Waals surface area contributed by atoms with Crippen LogP contribution in [0.2, 0.25) is 5.02 Å². The summed E-state index contributed by atoms with van der Waals surface area (Å²) in [7, 11) is 0. The first-order chi connectivity index (χ1) is 10.8. The molecule has 3 rings (SSSR count). The van der Waals surface area contributed by atoms with E-state index in [-0.39, 0.29) is 0 Å². The third kappa shape index (κ3) is 3.10. The average Bonchev–Trinajstić information content (AvgIpc) is 2.55. The van der Waals surface area contributed by atoms with Gasteiger partial charge in [0.15, 0.2) is 0 Å². The third-order valence-electron chi connectivity index (χ3n) is 3.58. The van der Waals surface area contributed by atoms with Crippen molar-refractivity contribution < 1.29 is 0 Å². The van der Waals surface area contributed by atoms with Crippen LogP contribution in [0.5, 0.6) is 0 Å². The highest BCUT2D eigenvalue weighted by molar-refractivity contribution is 6.33. The zero-order valence-corrected chi connectivity index (χ0v) is 13.1. The molecule has 0 fully saturated rings. The lowest BCUT2D eigenvalue weighted by Crippen LogP contribution is -1.88. The Bertz CT molecular complexity index is 821. The van der Waals surface area contributed by atoms with Crippen molar-refractivity contribution in [2.24, 2.45) is 4.99 Å². The Morgan fingerprint density at radius 1 is 0.773 bits per heavy atom. The molecule has 0 aromatic heterocycles.